The van der Waals surface area contributed by atoms with Gasteiger partial charge in [-0.25, -0.2) is 4.98 Å². The number of carbonyl (C=O) groups excluding carboxylic acids is 3. The number of aromatic nitrogens is 1. The zero-order valence-electron chi connectivity index (χ0n) is 25.0. The average Bonchev–Trinajstić information content (AvgIpc) is 3.56. The molecule has 0 atom stereocenters. The number of thioether (sulfide) groups is 1. The number of anilines is 2. The van der Waals surface area contributed by atoms with Crippen LogP contribution in [0.1, 0.15) is 15.9 Å². The van der Waals surface area contributed by atoms with Crippen molar-refractivity contribution in [2.24, 2.45) is 0 Å². The normalized spacial score (nSPS) is 11.0. The number of thiazole rings is 1. The molecular formula is C35H30N4O5S2. The molecule has 4 aromatic carbocycles. The van der Waals surface area contributed by atoms with Crippen molar-refractivity contribution in [2.75, 3.05) is 30.6 Å². The van der Waals surface area contributed by atoms with Gasteiger partial charge < -0.3 is 25.4 Å². The van der Waals surface area contributed by atoms with Gasteiger partial charge in [-0.05, 0) is 66.2 Å². The monoisotopic (exact) mass is 650 g/mol. The minimum Gasteiger partial charge on any atom is -0.497 e. The molecule has 0 spiro atoms. The minimum atomic E-state index is -0.511. The molecule has 0 aliphatic carbocycles. The summed E-state index contributed by atoms with van der Waals surface area (Å²) in [5.74, 6) is 0.340. The number of methoxy groups -OCH3 is 2. The fourth-order valence-corrected chi connectivity index (χ4v) is 5.74. The Balaban J connectivity index is 1.23. The molecule has 5 rings (SSSR count). The maximum atomic E-state index is 13.5. The molecule has 0 aliphatic heterocycles. The zero-order chi connectivity index (χ0) is 32.3. The van der Waals surface area contributed by atoms with Crippen LogP contribution in [0.3, 0.4) is 0 Å². The molecule has 46 heavy (non-hydrogen) atoms. The van der Waals surface area contributed by atoms with Gasteiger partial charge in [-0.2, -0.15) is 0 Å². The van der Waals surface area contributed by atoms with Gasteiger partial charge in [0.1, 0.15) is 17.2 Å². The topological polar surface area (TPSA) is 119 Å². The number of amides is 3. The van der Waals surface area contributed by atoms with Crippen LogP contribution in [0.4, 0.5) is 10.8 Å². The van der Waals surface area contributed by atoms with E-state index in [0.717, 1.165) is 21.9 Å². The van der Waals surface area contributed by atoms with E-state index in [1.54, 1.807) is 87.0 Å². The lowest BCUT2D eigenvalue weighted by molar-refractivity contribution is -0.114. The maximum absolute atomic E-state index is 13.5. The fourth-order valence-electron chi connectivity index (χ4n) is 4.25. The van der Waals surface area contributed by atoms with Crippen molar-refractivity contribution in [3.8, 4) is 22.8 Å². The Morgan fingerprint density at radius 3 is 2.35 bits per heavy atom. The fraction of sp³-hybridized carbons (Fsp3) is 0.0857. The number of nitrogens with zero attached hydrogens (tertiary/aromatic N) is 1. The average molecular weight is 651 g/mol. The highest BCUT2D eigenvalue weighted by Gasteiger charge is 2.16. The summed E-state index contributed by atoms with van der Waals surface area (Å²) < 4.78 is 10.6. The lowest BCUT2D eigenvalue weighted by atomic mass is 10.1. The highest BCUT2D eigenvalue weighted by Crippen LogP contribution is 2.28. The molecule has 0 saturated carbocycles. The van der Waals surface area contributed by atoms with E-state index in [1.165, 1.54) is 23.1 Å². The molecular weight excluding hydrogens is 621 g/mol. The Morgan fingerprint density at radius 2 is 1.57 bits per heavy atom. The first kappa shape index (κ1) is 32.0. The molecule has 1 heterocycles. The summed E-state index contributed by atoms with van der Waals surface area (Å²) in [5, 5.41) is 10.8. The number of rotatable bonds is 12. The number of nitrogens with one attached hydrogen (secondary N) is 3. The highest BCUT2D eigenvalue weighted by molar-refractivity contribution is 8.00. The summed E-state index contributed by atoms with van der Waals surface area (Å²) in [7, 11) is 3.17. The Kier molecular flexibility index (Phi) is 10.8. The van der Waals surface area contributed by atoms with Crippen molar-refractivity contribution < 1.29 is 23.9 Å². The van der Waals surface area contributed by atoms with E-state index in [1.807, 2.05) is 41.8 Å². The van der Waals surface area contributed by atoms with Crippen LogP contribution in [0.25, 0.3) is 17.3 Å². The van der Waals surface area contributed by atoms with E-state index < -0.39 is 11.8 Å². The third kappa shape index (κ3) is 8.84. The third-order valence-corrected chi connectivity index (χ3v) is 8.26. The molecule has 0 saturated heterocycles. The minimum absolute atomic E-state index is 0.0521. The molecule has 11 heteroatoms. The predicted octanol–water partition coefficient (Wildman–Crippen LogP) is 6.97. The van der Waals surface area contributed by atoms with E-state index in [9.17, 15) is 14.4 Å². The van der Waals surface area contributed by atoms with Crippen LogP contribution in [-0.2, 0) is 9.59 Å². The lowest BCUT2D eigenvalue weighted by Crippen LogP contribution is -2.30. The van der Waals surface area contributed by atoms with Gasteiger partial charge in [0, 0.05) is 27.1 Å². The Morgan fingerprint density at radius 1 is 0.826 bits per heavy atom. The number of carbonyl (C=O) groups is 3. The van der Waals surface area contributed by atoms with Crippen LogP contribution in [-0.4, -0.2) is 42.7 Å². The maximum Gasteiger partial charge on any atom is 0.272 e. The van der Waals surface area contributed by atoms with Gasteiger partial charge in [0.2, 0.25) is 5.91 Å². The van der Waals surface area contributed by atoms with E-state index in [0.29, 0.717) is 27.7 Å². The van der Waals surface area contributed by atoms with E-state index in [4.69, 9.17) is 9.47 Å². The smallest absolute Gasteiger partial charge is 0.272 e. The van der Waals surface area contributed by atoms with Crippen molar-refractivity contribution in [2.45, 2.75) is 4.90 Å². The number of benzene rings is 4. The van der Waals surface area contributed by atoms with Gasteiger partial charge in [-0.3, -0.25) is 14.4 Å². The molecule has 0 fully saturated rings. The molecule has 232 valence electrons. The van der Waals surface area contributed by atoms with Crippen molar-refractivity contribution >= 4 is 57.7 Å². The molecule has 0 bridgehead atoms. The largest absolute Gasteiger partial charge is 0.497 e. The summed E-state index contributed by atoms with van der Waals surface area (Å²) in [5.41, 5.74) is 3.28. The van der Waals surface area contributed by atoms with Crippen LogP contribution < -0.4 is 25.4 Å². The Bertz CT molecular complexity index is 1870. The van der Waals surface area contributed by atoms with E-state index in [-0.39, 0.29) is 17.4 Å². The Hall–Kier alpha value is -5.39. The predicted molar refractivity (Wildman–Crippen MR) is 183 cm³/mol. The standard InChI is InChI=1S/C35H30N4O5S2/c1-43-27-14-6-9-23(17-27)18-30(37-33(41)24-10-4-3-5-11-24)34(42)36-26-13-8-16-29(20-26)45-22-32(40)39-35-38-31(21-46-35)25-12-7-15-28(19-25)44-2/h3-21H,22H2,1-2H3,(H,36,42)(H,37,41)(H,38,39,40)/b30-18-. The third-order valence-electron chi connectivity index (χ3n) is 6.51. The quantitative estimate of drug-likeness (QED) is 0.0986. The van der Waals surface area contributed by atoms with Gasteiger partial charge in [0.05, 0.1) is 25.7 Å². The summed E-state index contributed by atoms with van der Waals surface area (Å²) in [6.45, 7) is 0. The van der Waals surface area contributed by atoms with Crippen LogP contribution in [0, 0.1) is 0 Å². The van der Waals surface area contributed by atoms with Crippen molar-refractivity contribution in [1.82, 2.24) is 10.3 Å². The van der Waals surface area contributed by atoms with E-state index in [2.05, 4.69) is 20.9 Å². The van der Waals surface area contributed by atoms with Gasteiger partial charge >= 0.3 is 0 Å². The highest BCUT2D eigenvalue weighted by atomic mass is 32.2. The Labute approximate surface area is 274 Å². The zero-order valence-corrected chi connectivity index (χ0v) is 26.6. The van der Waals surface area contributed by atoms with Crippen LogP contribution in [0.5, 0.6) is 11.5 Å². The number of hydrogen-bond donors (Lipinski definition) is 3. The molecule has 1 aromatic heterocycles. The van der Waals surface area contributed by atoms with Crippen molar-refractivity contribution in [3.63, 3.8) is 0 Å². The molecule has 3 amide bonds. The second-order valence-electron chi connectivity index (χ2n) is 9.74. The summed E-state index contributed by atoms with van der Waals surface area (Å²) in [6.07, 6.45) is 1.58. The molecule has 0 unspecified atom stereocenters. The van der Waals surface area contributed by atoms with Gasteiger partial charge in [0.25, 0.3) is 11.8 Å². The van der Waals surface area contributed by atoms with Gasteiger partial charge in [-0.15, -0.1) is 23.1 Å². The van der Waals surface area contributed by atoms with Crippen molar-refractivity contribution in [1.29, 1.82) is 0 Å². The second kappa shape index (κ2) is 15.6. The van der Waals surface area contributed by atoms with Gasteiger partial charge in [-0.1, -0.05) is 48.5 Å². The summed E-state index contributed by atoms with van der Waals surface area (Å²) in [6, 6.07) is 30.5. The van der Waals surface area contributed by atoms with Crippen LogP contribution in [0.15, 0.2) is 119 Å². The second-order valence-corrected chi connectivity index (χ2v) is 11.7. The first-order valence-electron chi connectivity index (χ1n) is 14.1. The lowest BCUT2D eigenvalue weighted by Gasteiger charge is -2.12. The molecule has 0 aliphatic rings. The summed E-state index contributed by atoms with van der Waals surface area (Å²) >= 11 is 2.66. The van der Waals surface area contributed by atoms with Gasteiger partial charge in [0.15, 0.2) is 5.13 Å². The van der Waals surface area contributed by atoms with Crippen LogP contribution in [0.2, 0.25) is 0 Å². The molecule has 5 aromatic rings. The van der Waals surface area contributed by atoms with E-state index >= 15 is 0 Å². The number of ether oxygens (including phenoxy) is 2. The SMILES string of the molecule is COc1cccc(/C=C(\NC(=O)c2ccccc2)C(=O)Nc2cccc(SCC(=O)Nc3nc(-c4cccc(OC)c4)cs3)c2)c1. The molecule has 3 N–H and O–H groups in total. The van der Waals surface area contributed by atoms with Crippen molar-refractivity contribution in [3.05, 3.63) is 125 Å². The van der Waals surface area contributed by atoms with Crippen LogP contribution >= 0.6 is 23.1 Å². The first-order valence-corrected chi connectivity index (χ1v) is 15.9. The summed E-state index contributed by atoms with van der Waals surface area (Å²) in [4.78, 5) is 44.4. The molecule has 0 radical (unpaired) electrons. The first-order chi connectivity index (χ1) is 22.4. The molecule has 9 nitrogen and oxygen atoms in total. The number of hydrogen-bond acceptors (Lipinski definition) is 8.